The van der Waals surface area contributed by atoms with E-state index < -0.39 is 10.0 Å². The molecule has 0 aromatic heterocycles. The van der Waals surface area contributed by atoms with E-state index in [1.807, 2.05) is 19.0 Å². The predicted octanol–water partition coefficient (Wildman–Crippen LogP) is 2.30. The maximum atomic E-state index is 12.3. The Bertz CT molecular complexity index is 739. The van der Waals surface area contributed by atoms with Crippen LogP contribution in [0.15, 0.2) is 35.2 Å². The number of benzene rings is 1. The summed E-state index contributed by atoms with van der Waals surface area (Å²) in [6.45, 7) is 0. The molecule has 6 nitrogen and oxygen atoms in total. The van der Waals surface area contributed by atoms with Crippen LogP contribution in [-0.4, -0.2) is 46.8 Å². The maximum Gasteiger partial charge on any atom is 0.242 e. The second-order valence-corrected chi connectivity index (χ2v) is 8.53. The number of nitrogens with zero attached hydrogens (tertiary/aromatic N) is 2. The largest absolute Gasteiger partial charge is 0.376 e. The van der Waals surface area contributed by atoms with Crippen LogP contribution in [0.3, 0.4) is 0 Å². The van der Waals surface area contributed by atoms with Gasteiger partial charge in [0.1, 0.15) is 0 Å². The monoisotopic (exact) mass is 351 g/mol. The molecule has 1 aromatic rings. The molecule has 1 aliphatic carbocycles. The Morgan fingerprint density at radius 1 is 1.25 bits per heavy atom. The second-order valence-electron chi connectivity index (χ2n) is 6.38. The fraction of sp³-hybridized carbons (Fsp3) is 0.471. The Kier molecular flexibility index (Phi) is 5.66. The van der Waals surface area contributed by atoms with E-state index in [9.17, 15) is 13.2 Å². The van der Waals surface area contributed by atoms with Crippen molar-refractivity contribution in [1.82, 2.24) is 4.31 Å². The quantitative estimate of drug-likeness (QED) is 0.799. The van der Waals surface area contributed by atoms with Gasteiger partial charge in [0.15, 0.2) is 0 Å². The van der Waals surface area contributed by atoms with Gasteiger partial charge in [0.2, 0.25) is 15.9 Å². The van der Waals surface area contributed by atoms with Gasteiger partial charge in [0, 0.05) is 34.6 Å². The summed E-state index contributed by atoms with van der Waals surface area (Å²) in [5.74, 6) is 0.163. The molecule has 1 unspecified atom stereocenters. The average Bonchev–Trinajstić information content (AvgIpc) is 2.99. The number of anilines is 2. The van der Waals surface area contributed by atoms with Gasteiger partial charge in [-0.3, -0.25) is 4.79 Å². The smallest absolute Gasteiger partial charge is 0.242 e. The van der Waals surface area contributed by atoms with Crippen molar-refractivity contribution in [3.05, 3.63) is 30.4 Å². The molecule has 0 saturated carbocycles. The molecule has 0 heterocycles. The van der Waals surface area contributed by atoms with E-state index in [4.69, 9.17) is 0 Å². The highest BCUT2D eigenvalue weighted by Gasteiger charge is 2.21. The van der Waals surface area contributed by atoms with Gasteiger partial charge in [0.05, 0.1) is 16.3 Å². The number of rotatable bonds is 6. The van der Waals surface area contributed by atoms with Gasteiger partial charge < -0.3 is 10.2 Å². The Balaban J connectivity index is 2.28. The molecule has 1 N–H and O–H groups in total. The van der Waals surface area contributed by atoms with Crippen molar-refractivity contribution in [3.8, 4) is 0 Å². The van der Waals surface area contributed by atoms with Crippen LogP contribution in [0, 0.1) is 5.92 Å². The lowest BCUT2D eigenvalue weighted by Crippen LogP contribution is -2.23. The van der Waals surface area contributed by atoms with Crippen LogP contribution in [0.25, 0.3) is 0 Å². The fourth-order valence-electron chi connectivity index (χ4n) is 2.68. The summed E-state index contributed by atoms with van der Waals surface area (Å²) in [7, 11) is 3.13. The molecule has 0 spiro atoms. The summed E-state index contributed by atoms with van der Waals surface area (Å²) in [5, 5.41) is 2.87. The first-order valence-corrected chi connectivity index (χ1v) is 9.36. The summed E-state index contributed by atoms with van der Waals surface area (Å²) in [5.41, 5.74) is 1.28. The van der Waals surface area contributed by atoms with Gasteiger partial charge in [-0.1, -0.05) is 12.2 Å². The summed E-state index contributed by atoms with van der Waals surface area (Å²) < 4.78 is 25.8. The highest BCUT2D eigenvalue weighted by molar-refractivity contribution is 7.89. The van der Waals surface area contributed by atoms with Gasteiger partial charge >= 0.3 is 0 Å². The number of carbonyl (C=O) groups excluding carboxylic acids is 1. The van der Waals surface area contributed by atoms with Crippen molar-refractivity contribution < 1.29 is 13.2 Å². The molecule has 132 valence electrons. The van der Waals surface area contributed by atoms with E-state index >= 15 is 0 Å². The molecule has 7 heteroatoms. The number of allylic oxidation sites excluding steroid dienone is 2. The van der Waals surface area contributed by atoms with Crippen molar-refractivity contribution in [2.75, 3.05) is 38.4 Å². The first-order valence-electron chi connectivity index (χ1n) is 7.92. The number of amides is 1. The van der Waals surface area contributed by atoms with Crippen molar-refractivity contribution in [2.45, 2.75) is 24.2 Å². The van der Waals surface area contributed by atoms with Crippen LogP contribution in [0.4, 0.5) is 11.4 Å². The lowest BCUT2D eigenvalue weighted by atomic mass is 10.0. The van der Waals surface area contributed by atoms with Crippen LogP contribution in [0.1, 0.15) is 19.3 Å². The number of carbonyl (C=O) groups is 1. The molecular weight excluding hydrogens is 326 g/mol. The third-order valence-electron chi connectivity index (χ3n) is 4.06. The van der Waals surface area contributed by atoms with Crippen LogP contribution in [0.5, 0.6) is 0 Å². The molecule has 2 rings (SSSR count). The van der Waals surface area contributed by atoms with Gasteiger partial charge in [-0.05, 0) is 37.0 Å². The molecule has 24 heavy (non-hydrogen) atoms. The molecule has 0 saturated heterocycles. The first kappa shape index (κ1) is 18.5. The summed E-state index contributed by atoms with van der Waals surface area (Å²) in [6.07, 6.45) is 6.57. The average molecular weight is 351 g/mol. The minimum atomic E-state index is -3.55. The van der Waals surface area contributed by atoms with Crippen molar-refractivity contribution in [3.63, 3.8) is 0 Å². The highest BCUT2D eigenvalue weighted by Crippen LogP contribution is 2.29. The summed E-state index contributed by atoms with van der Waals surface area (Å²) in [4.78, 5) is 14.3. The van der Waals surface area contributed by atoms with E-state index in [0.717, 1.165) is 22.8 Å². The molecule has 0 fully saturated rings. The van der Waals surface area contributed by atoms with Crippen molar-refractivity contribution in [2.24, 2.45) is 5.92 Å². The number of hydrogen-bond acceptors (Lipinski definition) is 4. The predicted molar refractivity (Wildman–Crippen MR) is 96.8 cm³/mol. The van der Waals surface area contributed by atoms with E-state index in [1.165, 1.54) is 20.2 Å². The second kappa shape index (κ2) is 7.36. The van der Waals surface area contributed by atoms with Crippen LogP contribution in [0.2, 0.25) is 0 Å². The Hall–Kier alpha value is -1.86. The molecular formula is C17H25N3O3S. The first-order chi connectivity index (χ1) is 11.2. The molecule has 0 aliphatic heterocycles. The molecule has 1 aliphatic rings. The van der Waals surface area contributed by atoms with Crippen LogP contribution in [-0.2, 0) is 14.8 Å². The standard InChI is InChI=1S/C17H25N3O3S/c1-19(2)16-10-9-14(24(22,23)20(3)4)12-15(16)18-17(21)11-13-7-5-6-8-13/h5,7,9-10,12-13H,6,8,11H2,1-4H3,(H,18,21). The zero-order valence-corrected chi connectivity index (χ0v) is 15.4. The van der Waals surface area contributed by atoms with Gasteiger partial charge in [-0.2, -0.15) is 0 Å². The minimum absolute atomic E-state index is 0.103. The van der Waals surface area contributed by atoms with Gasteiger partial charge in [-0.15, -0.1) is 0 Å². The Morgan fingerprint density at radius 3 is 2.50 bits per heavy atom. The fourth-order valence-corrected chi connectivity index (χ4v) is 3.61. The SMILES string of the molecule is CN(C)c1ccc(S(=O)(=O)N(C)C)cc1NC(=O)CC1C=CCC1. The Morgan fingerprint density at radius 2 is 1.96 bits per heavy atom. The lowest BCUT2D eigenvalue weighted by Gasteiger charge is -2.20. The summed E-state index contributed by atoms with van der Waals surface area (Å²) in [6, 6.07) is 4.79. The zero-order chi connectivity index (χ0) is 17.9. The third-order valence-corrected chi connectivity index (χ3v) is 5.87. The summed E-state index contributed by atoms with van der Waals surface area (Å²) >= 11 is 0. The van der Waals surface area contributed by atoms with E-state index in [0.29, 0.717) is 12.1 Å². The van der Waals surface area contributed by atoms with Crippen LogP contribution >= 0.6 is 0 Å². The molecule has 0 bridgehead atoms. The minimum Gasteiger partial charge on any atom is -0.376 e. The number of hydrogen-bond donors (Lipinski definition) is 1. The molecule has 0 radical (unpaired) electrons. The normalized spacial score (nSPS) is 17.3. The van der Waals surface area contributed by atoms with Crippen molar-refractivity contribution in [1.29, 1.82) is 0 Å². The maximum absolute atomic E-state index is 12.3. The molecule has 1 aromatic carbocycles. The topological polar surface area (TPSA) is 69.7 Å². The van der Waals surface area contributed by atoms with Gasteiger partial charge in [-0.25, -0.2) is 12.7 Å². The number of nitrogens with one attached hydrogen (secondary N) is 1. The van der Waals surface area contributed by atoms with E-state index in [1.54, 1.807) is 12.1 Å². The highest BCUT2D eigenvalue weighted by atomic mass is 32.2. The van der Waals surface area contributed by atoms with Crippen molar-refractivity contribution >= 4 is 27.3 Å². The number of sulfonamides is 1. The molecule has 1 amide bonds. The van der Waals surface area contributed by atoms with E-state index in [-0.39, 0.29) is 16.7 Å². The third kappa shape index (κ3) is 4.15. The van der Waals surface area contributed by atoms with Crippen LogP contribution < -0.4 is 10.2 Å². The molecule has 1 atom stereocenters. The lowest BCUT2D eigenvalue weighted by molar-refractivity contribution is -0.116. The van der Waals surface area contributed by atoms with E-state index in [2.05, 4.69) is 17.5 Å². The van der Waals surface area contributed by atoms with Gasteiger partial charge in [0.25, 0.3) is 0 Å². The Labute approximate surface area is 144 Å². The zero-order valence-electron chi connectivity index (χ0n) is 14.6.